The average Bonchev–Trinajstić information content (AvgIpc) is 2.28. The molecule has 0 saturated heterocycles. The van der Waals surface area contributed by atoms with Crippen LogP contribution in [-0.2, 0) is 0 Å². The van der Waals surface area contributed by atoms with Gasteiger partial charge in [-0.25, -0.2) is 0 Å². The molecule has 0 unspecified atom stereocenters. The van der Waals surface area contributed by atoms with E-state index in [1.165, 1.54) is 0 Å². The molecular weight excluding hydrogens is 208 g/mol. The zero-order chi connectivity index (χ0) is 11.5. The Morgan fingerprint density at radius 1 is 1.31 bits per heavy atom. The number of ether oxygens (including phenoxy) is 2. The van der Waals surface area contributed by atoms with Crippen molar-refractivity contribution < 1.29 is 14.6 Å². The zero-order valence-corrected chi connectivity index (χ0v) is 9.27. The van der Waals surface area contributed by atoms with Crippen LogP contribution in [0.3, 0.4) is 0 Å². The molecule has 1 aliphatic rings. The first-order valence-corrected chi connectivity index (χ1v) is 5.23. The predicted octanol–water partition coefficient (Wildman–Crippen LogP) is 0.468. The van der Waals surface area contributed by atoms with E-state index < -0.39 is 0 Å². The van der Waals surface area contributed by atoms with Crippen LogP contribution in [0.1, 0.15) is 0 Å². The summed E-state index contributed by atoms with van der Waals surface area (Å²) in [5.41, 5.74) is 7.39. The molecule has 1 heterocycles. The molecule has 2 rings (SSSR count). The lowest BCUT2D eigenvalue weighted by atomic mass is 10.2. The van der Waals surface area contributed by atoms with Crippen LogP contribution in [0.25, 0.3) is 0 Å². The van der Waals surface area contributed by atoms with Gasteiger partial charge in [-0.05, 0) is 0 Å². The second-order valence-electron chi connectivity index (χ2n) is 3.70. The molecule has 0 amide bonds. The van der Waals surface area contributed by atoms with Gasteiger partial charge in [0.25, 0.3) is 0 Å². The monoisotopic (exact) mass is 224 g/mol. The number of hydrogen-bond donors (Lipinski definition) is 2. The smallest absolute Gasteiger partial charge is 0.163 e. The lowest BCUT2D eigenvalue weighted by molar-refractivity contribution is 0.172. The van der Waals surface area contributed by atoms with E-state index in [2.05, 4.69) is 0 Å². The maximum absolute atomic E-state index is 8.89. The maximum atomic E-state index is 8.89. The number of likely N-dealkylation sites (N-methyl/N-ethyl adjacent to an activating group) is 1. The molecule has 0 radical (unpaired) electrons. The van der Waals surface area contributed by atoms with Crippen molar-refractivity contribution in [2.75, 3.05) is 44.0 Å². The van der Waals surface area contributed by atoms with Crippen molar-refractivity contribution in [3.05, 3.63) is 12.1 Å². The van der Waals surface area contributed by atoms with Gasteiger partial charge in [0, 0.05) is 25.7 Å². The zero-order valence-electron chi connectivity index (χ0n) is 9.27. The molecule has 0 fully saturated rings. The van der Waals surface area contributed by atoms with Crippen molar-refractivity contribution in [1.29, 1.82) is 0 Å². The van der Waals surface area contributed by atoms with Crippen molar-refractivity contribution in [3.63, 3.8) is 0 Å². The average molecular weight is 224 g/mol. The molecule has 0 bridgehead atoms. The van der Waals surface area contributed by atoms with E-state index in [-0.39, 0.29) is 6.61 Å². The number of nitrogens with zero attached hydrogens (tertiary/aromatic N) is 1. The molecule has 0 saturated carbocycles. The van der Waals surface area contributed by atoms with E-state index in [4.69, 9.17) is 20.3 Å². The fraction of sp³-hybridized carbons (Fsp3) is 0.455. The Bertz CT molecular complexity index is 382. The first kappa shape index (κ1) is 10.9. The Balaban J connectivity index is 2.31. The minimum atomic E-state index is 0.0877. The van der Waals surface area contributed by atoms with Gasteiger partial charge >= 0.3 is 0 Å². The number of aliphatic hydroxyl groups excluding tert-OH is 1. The van der Waals surface area contributed by atoms with E-state index in [1.807, 2.05) is 18.0 Å². The van der Waals surface area contributed by atoms with E-state index in [1.54, 1.807) is 6.07 Å². The summed E-state index contributed by atoms with van der Waals surface area (Å²) in [6.07, 6.45) is 0. The Hall–Kier alpha value is -1.62. The SMILES string of the molecule is CN(CCO)c1cc2c(cc1N)OCCO2. The van der Waals surface area contributed by atoms with Gasteiger partial charge in [-0.3, -0.25) is 0 Å². The van der Waals surface area contributed by atoms with Crippen LogP contribution in [0.4, 0.5) is 11.4 Å². The largest absolute Gasteiger partial charge is 0.486 e. The summed E-state index contributed by atoms with van der Waals surface area (Å²) in [4.78, 5) is 1.88. The van der Waals surface area contributed by atoms with Gasteiger partial charge in [0.1, 0.15) is 13.2 Å². The van der Waals surface area contributed by atoms with Gasteiger partial charge in [-0.15, -0.1) is 0 Å². The Morgan fingerprint density at radius 3 is 2.56 bits per heavy atom. The standard InChI is InChI=1S/C11H16N2O3/c1-13(2-3-14)9-7-11-10(6-8(9)12)15-4-5-16-11/h6-7,14H,2-5,12H2,1H3. The fourth-order valence-electron chi connectivity index (χ4n) is 1.69. The molecule has 0 atom stereocenters. The second-order valence-corrected chi connectivity index (χ2v) is 3.70. The van der Waals surface area contributed by atoms with Gasteiger partial charge in [0.05, 0.1) is 18.0 Å². The van der Waals surface area contributed by atoms with Crippen LogP contribution in [0.5, 0.6) is 11.5 Å². The van der Waals surface area contributed by atoms with E-state index >= 15 is 0 Å². The van der Waals surface area contributed by atoms with Gasteiger partial charge in [-0.1, -0.05) is 0 Å². The number of fused-ring (bicyclic) bond motifs is 1. The molecule has 1 aliphatic heterocycles. The number of nitrogens with two attached hydrogens (primary N) is 1. The number of anilines is 2. The molecule has 0 aliphatic carbocycles. The highest BCUT2D eigenvalue weighted by Gasteiger charge is 2.16. The van der Waals surface area contributed by atoms with E-state index in [0.717, 1.165) is 5.69 Å². The summed E-state index contributed by atoms with van der Waals surface area (Å²) in [5.74, 6) is 1.39. The van der Waals surface area contributed by atoms with E-state index in [9.17, 15) is 0 Å². The third kappa shape index (κ3) is 1.99. The molecule has 5 nitrogen and oxygen atoms in total. The molecule has 0 aromatic heterocycles. The minimum absolute atomic E-state index is 0.0877. The number of rotatable bonds is 3. The summed E-state index contributed by atoms with van der Waals surface area (Å²) in [6, 6.07) is 3.61. The first-order chi connectivity index (χ1) is 7.72. The summed E-state index contributed by atoms with van der Waals surface area (Å²) >= 11 is 0. The van der Waals surface area contributed by atoms with Crippen LogP contribution in [0.2, 0.25) is 0 Å². The van der Waals surface area contributed by atoms with Crippen LogP contribution < -0.4 is 20.1 Å². The Kier molecular flexibility index (Phi) is 3.05. The van der Waals surface area contributed by atoms with Crippen molar-refractivity contribution in [3.8, 4) is 11.5 Å². The third-order valence-corrected chi connectivity index (χ3v) is 2.54. The van der Waals surface area contributed by atoms with Crippen molar-refractivity contribution in [1.82, 2.24) is 0 Å². The lowest BCUT2D eigenvalue weighted by Gasteiger charge is -2.24. The second kappa shape index (κ2) is 4.49. The van der Waals surface area contributed by atoms with Crippen LogP contribution in [0, 0.1) is 0 Å². The molecule has 1 aromatic rings. The Morgan fingerprint density at radius 2 is 1.94 bits per heavy atom. The number of hydrogen-bond acceptors (Lipinski definition) is 5. The highest BCUT2D eigenvalue weighted by Crippen LogP contribution is 2.38. The fourth-order valence-corrected chi connectivity index (χ4v) is 1.69. The molecule has 0 spiro atoms. The van der Waals surface area contributed by atoms with Crippen molar-refractivity contribution in [2.45, 2.75) is 0 Å². The van der Waals surface area contributed by atoms with Crippen molar-refractivity contribution in [2.24, 2.45) is 0 Å². The van der Waals surface area contributed by atoms with Crippen LogP contribution in [-0.4, -0.2) is 38.5 Å². The first-order valence-electron chi connectivity index (χ1n) is 5.23. The van der Waals surface area contributed by atoms with Gasteiger partial charge in [-0.2, -0.15) is 0 Å². The summed E-state index contributed by atoms with van der Waals surface area (Å²) in [5, 5.41) is 8.89. The predicted molar refractivity (Wildman–Crippen MR) is 62.2 cm³/mol. The molecule has 1 aromatic carbocycles. The van der Waals surface area contributed by atoms with Gasteiger partial charge in [0.15, 0.2) is 11.5 Å². The van der Waals surface area contributed by atoms with Crippen molar-refractivity contribution >= 4 is 11.4 Å². The topological polar surface area (TPSA) is 68.0 Å². The summed E-state index contributed by atoms with van der Waals surface area (Å²) in [7, 11) is 1.87. The number of nitrogen functional groups attached to an aromatic ring is 1. The normalized spacial score (nSPS) is 13.6. The summed E-state index contributed by atoms with van der Waals surface area (Å²) < 4.78 is 10.9. The van der Waals surface area contributed by atoms with E-state index in [0.29, 0.717) is 36.9 Å². The molecule has 88 valence electrons. The molecule has 5 heteroatoms. The minimum Gasteiger partial charge on any atom is -0.486 e. The highest BCUT2D eigenvalue weighted by atomic mass is 16.6. The number of benzene rings is 1. The van der Waals surface area contributed by atoms with Crippen LogP contribution in [0.15, 0.2) is 12.1 Å². The van der Waals surface area contributed by atoms with Gasteiger partial charge in [0.2, 0.25) is 0 Å². The lowest BCUT2D eigenvalue weighted by Crippen LogP contribution is -2.23. The molecular formula is C11H16N2O3. The van der Waals surface area contributed by atoms with Gasteiger partial charge < -0.3 is 25.2 Å². The molecule has 16 heavy (non-hydrogen) atoms. The third-order valence-electron chi connectivity index (χ3n) is 2.54. The Labute approximate surface area is 94.4 Å². The molecule has 3 N–H and O–H groups in total. The highest BCUT2D eigenvalue weighted by molar-refractivity contribution is 5.73. The quantitative estimate of drug-likeness (QED) is 0.730. The van der Waals surface area contributed by atoms with Crippen LogP contribution >= 0.6 is 0 Å². The summed E-state index contributed by atoms with van der Waals surface area (Å²) in [6.45, 7) is 1.73. The maximum Gasteiger partial charge on any atom is 0.163 e. The number of aliphatic hydroxyl groups is 1.